The molecule has 0 bridgehead atoms. The van der Waals surface area contributed by atoms with Crippen molar-refractivity contribution in [3.63, 3.8) is 0 Å². The Bertz CT molecular complexity index is 963. The van der Waals surface area contributed by atoms with Crippen LogP contribution in [0.2, 0.25) is 0 Å². The molecule has 11 heteroatoms. The van der Waals surface area contributed by atoms with Crippen LogP contribution in [0.15, 0.2) is 18.2 Å². The zero-order valence-electron chi connectivity index (χ0n) is 25.5. The van der Waals surface area contributed by atoms with Crippen LogP contribution in [0.5, 0.6) is 11.5 Å². The van der Waals surface area contributed by atoms with Crippen molar-refractivity contribution in [2.75, 3.05) is 33.5 Å². The van der Waals surface area contributed by atoms with Crippen molar-refractivity contribution in [2.24, 2.45) is 17.8 Å². The fourth-order valence-electron chi connectivity index (χ4n) is 3.53. The first-order valence-corrected chi connectivity index (χ1v) is 14.3. The molecule has 0 amide bonds. The molecule has 1 unspecified atom stereocenters. The average Bonchev–Trinajstić information content (AvgIpc) is 2.90. The second kappa shape index (κ2) is 19.7. The molecule has 1 aromatic carbocycles. The van der Waals surface area contributed by atoms with Crippen LogP contribution in [-0.4, -0.2) is 63.8 Å². The highest BCUT2D eigenvalue weighted by atomic mass is 16.7. The molecule has 2 atom stereocenters. The lowest BCUT2D eigenvalue weighted by Gasteiger charge is -2.18. The summed E-state index contributed by atoms with van der Waals surface area (Å²) in [6, 6.07) is 3.76. The summed E-state index contributed by atoms with van der Waals surface area (Å²) in [4.78, 5) is 49.1. The molecule has 0 aliphatic rings. The van der Waals surface area contributed by atoms with Gasteiger partial charge in [0.2, 0.25) is 0 Å². The van der Waals surface area contributed by atoms with E-state index in [9.17, 15) is 19.2 Å². The molecule has 0 spiro atoms. The van der Waals surface area contributed by atoms with E-state index in [-0.39, 0.29) is 56.2 Å². The zero-order chi connectivity index (χ0) is 30.8. The number of benzene rings is 1. The van der Waals surface area contributed by atoms with E-state index in [4.69, 9.17) is 28.4 Å². The number of hydrogen-bond acceptors (Lipinski definition) is 11. The molecule has 232 valence electrons. The topological polar surface area (TPSA) is 136 Å². The van der Waals surface area contributed by atoms with Crippen LogP contribution in [0, 0.1) is 17.8 Å². The van der Waals surface area contributed by atoms with Crippen molar-refractivity contribution in [1.82, 2.24) is 5.32 Å². The second-order valence-corrected chi connectivity index (χ2v) is 10.6. The Morgan fingerprint density at radius 1 is 0.756 bits per heavy atom. The zero-order valence-corrected chi connectivity index (χ0v) is 25.5. The van der Waals surface area contributed by atoms with E-state index in [1.165, 1.54) is 19.2 Å². The van der Waals surface area contributed by atoms with Crippen LogP contribution in [0.25, 0.3) is 0 Å². The Hall–Kier alpha value is -3.34. The Kier molecular flexibility index (Phi) is 17.1. The van der Waals surface area contributed by atoms with Crippen molar-refractivity contribution < 1.29 is 47.6 Å². The SMILES string of the molecule is CCCC(C)C(=O)OCCN[C@@H](Cc1ccc(OC(=O)OCCC(C)C)c(OC(=O)OCCC(C)C)c1)C(=O)OC. The minimum Gasteiger partial charge on any atom is -0.468 e. The summed E-state index contributed by atoms with van der Waals surface area (Å²) in [6.45, 7) is 12.5. The molecular weight excluding hydrogens is 534 g/mol. The van der Waals surface area contributed by atoms with Gasteiger partial charge in [0.1, 0.15) is 12.6 Å². The van der Waals surface area contributed by atoms with Gasteiger partial charge in [0.05, 0.1) is 26.2 Å². The number of ether oxygens (including phenoxy) is 6. The van der Waals surface area contributed by atoms with Crippen molar-refractivity contribution in [1.29, 1.82) is 0 Å². The van der Waals surface area contributed by atoms with Crippen LogP contribution >= 0.6 is 0 Å². The van der Waals surface area contributed by atoms with Crippen molar-refractivity contribution in [3.8, 4) is 11.5 Å². The van der Waals surface area contributed by atoms with Gasteiger partial charge in [-0.15, -0.1) is 0 Å². The lowest BCUT2D eigenvalue weighted by molar-refractivity contribution is -0.148. The monoisotopic (exact) mass is 581 g/mol. The van der Waals surface area contributed by atoms with Gasteiger partial charge in [-0.05, 0) is 55.2 Å². The molecule has 0 aliphatic carbocycles. The van der Waals surface area contributed by atoms with E-state index in [1.54, 1.807) is 6.07 Å². The molecule has 1 rings (SSSR count). The third kappa shape index (κ3) is 15.3. The van der Waals surface area contributed by atoms with Crippen LogP contribution < -0.4 is 14.8 Å². The molecule has 0 saturated carbocycles. The lowest BCUT2D eigenvalue weighted by Crippen LogP contribution is -2.41. The number of rotatable bonds is 18. The third-order valence-electron chi connectivity index (χ3n) is 6.01. The van der Waals surface area contributed by atoms with Crippen molar-refractivity contribution >= 4 is 24.2 Å². The first kappa shape index (κ1) is 35.7. The minimum absolute atomic E-state index is 0.0419. The van der Waals surface area contributed by atoms with Crippen molar-refractivity contribution in [2.45, 2.75) is 79.7 Å². The Morgan fingerprint density at radius 2 is 1.34 bits per heavy atom. The third-order valence-corrected chi connectivity index (χ3v) is 6.01. The standard InChI is InChI=1S/C30H47NO10/c1-8-9-22(6)27(32)37-17-14-31-24(28(33)36-7)18-23-10-11-25(40-29(34)38-15-12-20(2)3)26(19-23)41-30(35)39-16-13-21(4)5/h10-11,19-22,24,31H,8-9,12-18H2,1-7H3/t22?,24-/m0/s1. The van der Waals surface area contributed by atoms with E-state index >= 15 is 0 Å². The lowest BCUT2D eigenvalue weighted by atomic mass is 10.1. The Balaban J connectivity index is 2.97. The highest BCUT2D eigenvalue weighted by Crippen LogP contribution is 2.30. The van der Waals surface area contributed by atoms with E-state index < -0.39 is 24.3 Å². The predicted molar refractivity (Wildman–Crippen MR) is 152 cm³/mol. The molecule has 0 fully saturated rings. The molecular formula is C30H47NO10. The average molecular weight is 582 g/mol. The second-order valence-electron chi connectivity index (χ2n) is 10.6. The molecule has 0 aliphatic heterocycles. The summed E-state index contributed by atoms with van der Waals surface area (Å²) < 4.78 is 31.1. The summed E-state index contributed by atoms with van der Waals surface area (Å²) in [6.07, 6.45) is 1.19. The number of hydrogen-bond donors (Lipinski definition) is 1. The molecule has 41 heavy (non-hydrogen) atoms. The van der Waals surface area contributed by atoms with Gasteiger partial charge in [-0.1, -0.05) is 54.0 Å². The van der Waals surface area contributed by atoms with Crippen LogP contribution in [0.3, 0.4) is 0 Å². The number of methoxy groups -OCH3 is 1. The smallest absolute Gasteiger partial charge is 0.468 e. The maximum Gasteiger partial charge on any atom is 0.513 e. The molecule has 0 heterocycles. The highest BCUT2D eigenvalue weighted by Gasteiger charge is 2.22. The Labute approximate surface area is 243 Å². The number of esters is 2. The molecule has 0 radical (unpaired) electrons. The highest BCUT2D eigenvalue weighted by molar-refractivity contribution is 5.76. The molecule has 0 saturated heterocycles. The van der Waals surface area contributed by atoms with E-state index in [2.05, 4.69) is 5.32 Å². The van der Waals surface area contributed by atoms with Gasteiger partial charge in [-0.3, -0.25) is 9.59 Å². The summed E-state index contributed by atoms with van der Waals surface area (Å²) in [5.74, 6) is -0.449. The number of carbonyl (C=O) groups is 4. The van der Waals surface area contributed by atoms with Gasteiger partial charge in [0.25, 0.3) is 0 Å². The largest absolute Gasteiger partial charge is 0.513 e. The van der Waals surface area contributed by atoms with Gasteiger partial charge in [0, 0.05) is 6.54 Å². The van der Waals surface area contributed by atoms with Crippen LogP contribution in [0.4, 0.5) is 9.59 Å². The minimum atomic E-state index is -0.956. The molecule has 1 aromatic rings. The quantitative estimate of drug-likeness (QED) is 0.102. The van der Waals surface area contributed by atoms with Crippen LogP contribution in [-0.2, 0) is 35.0 Å². The maximum absolute atomic E-state index is 12.5. The van der Waals surface area contributed by atoms with Crippen molar-refractivity contribution in [3.05, 3.63) is 23.8 Å². The maximum atomic E-state index is 12.5. The summed E-state index contributed by atoms with van der Waals surface area (Å²) in [5.41, 5.74) is 0.576. The van der Waals surface area contributed by atoms with Gasteiger partial charge >= 0.3 is 24.2 Å². The number of carbonyl (C=O) groups excluding carboxylic acids is 4. The fourth-order valence-corrected chi connectivity index (χ4v) is 3.53. The first-order valence-electron chi connectivity index (χ1n) is 14.3. The normalized spacial score (nSPS) is 12.4. The number of nitrogens with one attached hydrogen (secondary N) is 1. The summed E-state index contributed by atoms with van der Waals surface area (Å²) in [7, 11) is 1.27. The first-order chi connectivity index (χ1) is 19.5. The van der Waals surface area contributed by atoms with E-state index in [0.29, 0.717) is 30.2 Å². The fraction of sp³-hybridized carbons (Fsp3) is 0.667. The van der Waals surface area contributed by atoms with Gasteiger partial charge in [-0.25, -0.2) is 9.59 Å². The molecule has 11 nitrogen and oxygen atoms in total. The van der Waals surface area contributed by atoms with Gasteiger partial charge in [0.15, 0.2) is 11.5 Å². The van der Waals surface area contributed by atoms with Gasteiger partial charge in [-0.2, -0.15) is 0 Å². The molecule has 1 N–H and O–H groups in total. The Morgan fingerprint density at radius 3 is 1.88 bits per heavy atom. The predicted octanol–water partition coefficient (Wildman–Crippen LogP) is 5.46. The van der Waals surface area contributed by atoms with Crippen LogP contribution in [0.1, 0.15) is 72.8 Å². The molecule has 0 aromatic heterocycles. The summed E-state index contributed by atoms with van der Waals surface area (Å²) in [5, 5.41) is 3.03. The van der Waals surface area contributed by atoms with E-state index in [1.807, 2.05) is 41.5 Å². The summed E-state index contributed by atoms with van der Waals surface area (Å²) >= 11 is 0. The van der Waals surface area contributed by atoms with Gasteiger partial charge < -0.3 is 33.7 Å². The van der Waals surface area contributed by atoms with E-state index in [0.717, 1.165) is 12.8 Å².